The van der Waals surface area contributed by atoms with Crippen LogP contribution in [0.1, 0.15) is 46.6 Å². The molecule has 0 spiro atoms. The number of fused-ring (bicyclic) bond motifs is 3. The number of nitrogens with one attached hydrogen (secondary N) is 2. The van der Waals surface area contributed by atoms with Crippen LogP contribution in [-0.4, -0.2) is 23.4 Å². The third-order valence-corrected chi connectivity index (χ3v) is 5.57. The molecule has 0 bridgehead atoms. The van der Waals surface area contributed by atoms with E-state index in [-0.39, 0.29) is 12.1 Å². The largest absolute Gasteiger partial charge is 0.465 e. The van der Waals surface area contributed by atoms with Crippen molar-refractivity contribution < 1.29 is 9.21 Å². The second kappa shape index (κ2) is 5.14. The minimum atomic E-state index is -0.281. The number of nitrogens with zero attached hydrogens (tertiary/aromatic N) is 1. The van der Waals surface area contributed by atoms with Gasteiger partial charge in [0.05, 0.1) is 11.8 Å². The number of amides is 1. The van der Waals surface area contributed by atoms with E-state index >= 15 is 0 Å². The standard InChI is InChI=1S/C16H19N3O2S/c1-9(2)19-6-5-10-12(8-19)22-16-13(10)15(20)17-14(18-16)11-4-3-7-21-11/h3-4,7,9,14,18H,5-6,8H2,1-2H3,(H,17,20)/t14-/m1/s1. The fraction of sp³-hybridized carbons (Fsp3) is 0.438. The Morgan fingerprint density at radius 3 is 3.00 bits per heavy atom. The topological polar surface area (TPSA) is 57.5 Å². The molecule has 4 heterocycles. The van der Waals surface area contributed by atoms with Crippen LogP contribution in [0, 0.1) is 0 Å². The van der Waals surface area contributed by atoms with Gasteiger partial charge in [0, 0.05) is 24.0 Å². The number of hydrogen-bond donors (Lipinski definition) is 2. The van der Waals surface area contributed by atoms with Gasteiger partial charge in [-0.05, 0) is 38.0 Å². The Kier molecular flexibility index (Phi) is 3.23. The number of anilines is 1. The first kappa shape index (κ1) is 13.8. The van der Waals surface area contributed by atoms with E-state index in [0.717, 1.165) is 35.8 Å². The predicted molar refractivity (Wildman–Crippen MR) is 86.1 cm³/mol. The summed E-state index contributed by atoms with van der Waals surface area (Å²) in [6.07, 6.45) is 2.29. The number of carbonyl (C=O) groups is 1. The molecule has 2 aliphatic rings. The maximum absolute atomic E-state index is 12.5. The quantitative estimate of drug-likeness (QED) is 0.894. The van der Waals surface area contributed by atoms with E-state index in [1.54, 1.807) is 17.6 Å². The van der Waals surface area contributed by atoms with E-state index in [1.165, 1.54) is 10.4 Å². The van der Waals surface area contributed by atoms with E-state index in [1.807, 2.05) is 12.1 Å². The normalized spacial score (nSPS) is 21.2. The molecule has 0 saturated carbocycles. The van der Waals surface area contributed by atoms with E-state index in [4.69, 9.17) is 4.42 Å². The molecule has 2 aliphatic heterocycles. The molecule has 2 N–H and O–H groups in total. The van der Waals surface area contributed by atoms with Crippen LogP contribution >= 0.6 is 11.3 Å². The predicted octanol–water partition coefficient (Wildman–Crippen LogP) is 2.96. The highest BCUT2D eigenvalue weighted by Crippen LogP contribution is 2.40. The summed E-state index contributed by atoms with van der Waals surface area (Å²) in [5, 5.41) is 7.37. The summed E-state index contributed by atoms with van der Waals surface area (Å²) >= 11 is 1.71. The second-order valence-electron chi connectivity index (χ2n) is 6.09. The van der Waals surface area contributed by atoms with Crippen LogP contribution in [0.2, 0.25) is 0 Å². The lowest BCUT2D eigenvalue weighted by atomic mass is 10.0. The molecule has 5 nitrogen and oxygen atoms in total. The van der Waals surface area contributed by atoms with Gasteiger partial charge in [0.1, 0.15) is 10.8 Å². The summed E-state index contributed by atoms with van der Waals surface area (Å²) in [5.74, 6) is 0.736. The monoisotopic (exact) mass is 317 g/mol. The molecule has 2 aromatic rings. The van der Waals surface area contributed by atoms with Crippen LogP contribution in [0.4, 0.5) is 5.00 Å². The van der Waals surface area contributed by atoms with Crippen molar-refractivity contribution in [2.24, 2.45) is 0 Å². The average Bonchev–Trinajstić information content (AvgIpc) is 3.13. The fourth-order valence-electron chi connectivity index (χ4n) is 3.17. The summed E-state index contributed by atoms with van der Waals surface area (Å²) in [6.45, 7) is 6.39. The molecule has 1 amide bonds. The Morgan fingerprint density at radius 2 is 2.27 bits per heavy atom. The molecular formula is C16H19N3O2S. The lowest BCUT2D eigenvalue weighted by Gasteiger charge is -2.30. The number of carbonyl (C=O) groups excluding carboxylic acids is 1. The van der Waals surface area contributed by atoms with Crippen LogP contribution in [0.5, 0.6) is 0 Å². The SMILES string of the molecule is CC(C)N1CCc2c(sc3c2C(=O)N[C@@H](c2ccco2)N3)C1. The first-order chi connectivity index (χ1) is 10.6. The van der Waals surface area contributed by atoms with Crippen molar-refractivity contribution in [3.05, 3.63) is 40.2 Å². The van der Waals surface area contributed by atoms with Gasteiger partial charge in [0.25, 0.3) is 5.91 Å². The Balaban J connectivity index is 1.67. The lowest BCUT2D eigenvalue weighted by Crippen LogP contribution is -2.39. The summed E-state index contributed by atoms with van der Waals surface area (Å²) in [7, 11) is 0. The Bertz CT molecular complexity index is 705. The highest BCUT2D eigenvalue weighted by molar-refractivity contribution is 7.16. The van der Waals surface area contributed by atoms with Crippen molar-refractivity contribution in [1.29, 1.82) is 0 Å². The smallest absolute Gasteiger partial charge is 0.256 e. The molecule has 6 heteroatoms. The molecular weight excluding hydrogens is 298 g/mol. The maximum Gasteiger partial charge on any atom is 0.256 e. The van der Waals surface area contributed by atoms with Crippen LogP contribution < -0.4 is 10.6 Å². The molecule has 116 valence electrons. The minimum absolute atomic E-state index is 0.00523. The van der Waals surface area contributed by atoms with Gasteiger partial charge in [-0.1, -0.05) is 0 Å². The van der Waals surface area contributed by atoms with Crippen LogP contribution in [0.25, 0.3) is 0 Å². The van der Waals surface area contributed by atoms with Gasteiger partial charge in [-0.3, -0.25) is 9.69 Å². The van der Waals surface area contributed by atoms with Gasteiger partial charge in [0.15, 0.2) is 6.17 Å². The Labute approximate surface area is 133 Å². The first-order valence-corrected chi connectivity index (χ1v) is 8.44. The van der Waals surface area contributed by atoms with Gasteiger partial charge in [0.2, 0.25) is 0 Å². The van der Waals surface area contributed by atoms with E-state index in [9.17, 15) is 4.79 Å². The van der Waals surface area contributed by atoms with Crippen molar-refractivity contribution in [3.8, 4) is 0 Å². The third-order valence-electron chi connectivity index (χ3n) is 4.42. The van der Waals surface area contributed by atoms with Crippen molar-refractivity contribution in [2.45, 2.75) is 39.0 Å². The first-order valence-electron chi connectivity index (χ1n) is 7.63. The molecule has 1 atom stereocenters. The summed E-state index contributed by atoms with van der Waals surface area (Å²) in [5.41, 5.74) is 2.06. The number of rotatable bonds is 2. The number of hydrogen-bond acceptors (Lipinski definition) is 5. The van der Waals surface area contributed by atoms with Gasteiger partial charge >= 0.3 is 0 Å². The van der Waals surface area contributed by atoms with Gasteiger partial charge in [-0.2, -0.15) is 0 Å². The molecule has 4 rings (SSSR count). The lowest BCUT2D eigenvalue weighted by molar-refractivity contribution is 0.0929. The zero-order valence-corrected chi connectivity index (χ0v) is 13.5. The van der Waals surface area contributed by atoms with Gasteiger partial charge in [-0.15, -0.1) is 11.3 Å². The molecule has 0 unspecified atom stereocenters. The number of thiophene rings is 1. The van der Waals surface area contributed by atoms with Crippen molar-refractivity contribution >= 4 is 22.2 Å². The van der Waals surface area contributed by atoms with Crippen LogP contribution in [0.3, 0.4) is 0 Å². The highest BCUT2D eigenvalue weighted by Gasteiger charge is 2.34. The maximum atomic E-state index is 12.5. The molecule has 0 fully saturated rings. The fourth-order valence-corrected chi connectivity index (χ4v) is 4.47. The third kappa shape index (κ3) is 2.14. The molecule has 0 radical (unpaired) electrons. The van der Waals surface area contributed by atoms with Gasteiger partial charge in [-0.25, -0.2) is 0 Å². The minimum Gasteiger partial charge on any atom is -0.465 e. The second-order valence-corrected chi connectivity index (χ2v) is 7.19. The van der Waals surface area contributed by atoms with Gasteiger partial charge < -0.3 is 15.1 Å². The van der Waals surface area contributed by atoms with Crippen LogP contribution in [-0.2, 0) is 13.0 Å². The van der Waals surface area contributed by atoms with Crippen molar-refractivity contribution in [3.63, 3.8) is 0 Å². The van der Waals surface area contributed by atoms with Crippen LogP contribution in [0.15, 0.2) is 22.8 Å². The van der Waals surface area contributed by atoms with Crippen molar-refractivity contribution in [2.75, 3.05) is 11.9 Å². The summed E-state index contributed by atoms with van der Waals surface area (Å²) in [4.78, 5) is 16.3. The average molecular weight is 317 g/mol. The van der Waals surface area contributed by atoms with E-state index < -0.39 is 0 Å². The summed E-state index contributed by atoms with van der Waals surface area (Å²) < 4.78 is 5.41. The molecule has 0 aromatic carbocycles. The summed E-state index contributed by atoms with van der Waals surface area (Å²) in [6, 6.07) is 4.24. The highest BCUT2D eigenvalue weighted by atomic mass is 32.1. The molecule has 0 aliphatic carbocycles. The zero-order valence-electron chi connectivity index (χ0n) is 12.7. The van der Waals surface area contributed by atoms with Crippen molar-refractivity contribution in [1.82, 2.24) is 10.2 Å². The van der Waals surface area contributed by atoms with E-state index in [0.29, 0.717) is 6.04 Å². The Hall–Kier alpha value is -1.79. The Morgan fingerprint density at radius 1 is 1.41 bits per heavy atom. The molecule has 0 saturated heterocycles. The van der Waals surface area contributed by atoms with E-state index in [2.05, 4.69) is 29.4 Å². The number of furan rings is 1. The zero-order chi connectivity index (χ0) is 15.3. The molecule has 22 heavy (non-hydrogen) atoms. The molecule has 2 aromatic heterocycles.